The van der Waals surface area contributed by atoms with Crippen LogP contribution in [0.4, 0.5) is 0 Å². The van der Waals surface area contributed by atoms with Crippen molar-refractivity contribution in [3.63, 3.8) is 0 Å². The minimum absolute atomic E-state index is 0.0532. The quantitative estimate of drug-likeness (QED) is 0.805. The number of carbonyl (C=O) groups excluding carboxylic acids is 2. The Bertz CT molecular complexity index is 757. The number of benzene rings is 2. The molecule has 3 rings (SSSR count). The molecular weight excluding hydrogens is 314 g/mol. The van der Waals surface area contributed by atoms with E-state index in [1.165, 1.54) is 7.11 Å². The molecule has 126 valence electrons. The molecule has 1 aliphatic carbocycles. The van der Waals surface area contributed by atoms with Crippen LogP contribution in [0.3, 0.4) is 0 Å². The predicted octanol–water partition coefficient (Wildman–Crippen LogP) is 3.60. The molecule has 25 heavy (non-hydrogen) atoms. The molecule has 0 aliphatic heterocycles. The highest BCUT2D eigenvalue weighted by Crippen LogP contribution is 2.54. The number of carbonyl (C=O) groups is 2. The van der Waals surface area contributed by atoms with Crippen LogP contribution in [0, 0.1) is 16.7 Å². The molecule has 0 amide bonds. The number of nitrogens with zero attached hydrogens (tertiary/aromatic N) is 1. The van der Waals surface area contributed by atoms with E-state index in [0.717, 1.165) is 11.1 Å². The zero-order valence-corrected chi connectivity index (χ0v) is 14.0. The maximum atomic E-state index is 12.8. The fourth-order valence-corrected chi connectivity index (χ4v) is 3.89. The Morgan fingerprint density at radius 2 is 1.44 bits per heavy atom. The van der Waals surface area contributed by atoms with Crippen LogP contribution >= 0.6 is 0 Å². The molecule has 0 radical (unpaired) electrons. The number of rotatable bonds is 3. The first-order valence-corrected chi connectivity index (χ1v) is 8.24. The maximum absolute atomic E-state index is 12.8. The monoisotopic (exact) mass is 333 g/mol. The third-order valence-corrected chi connectivity index (χ3v) is 5.07. The maximum Gasteiger partial charge on any atom is 0.327 e. The summed E-state index contributed by atoms with van der Waals surface area (Å²) in [5.74, 6) is -1.59. The zero-order valence-electron chi connectivity index (χ0n) is 14.0. The molecule has 1 aliphatic rings. The van der Waals surface area contributed by atoms with Gasteiger partial charge < -0.3 is 4.74 Å². The van der Waals surface area contributed by atoms with Crippen molar-refractivity contribution in [2.45, 2.75) is 24.7 Å². The first-order valence-electron chi connectivity index (χ1n) is 8.24. The van der Waals surface area contributed by atoms with Crippen molar-refractivity contribution >= 4 is 11.8 Å². The Kier molecular flexibility index (Phi) is 4.67. The van der Waals surface area contributed by atoms with Gasteiger partial charge in [0, 0.05) is 24.7 Å². The van der Waals surface area contributed by atoms with Gasteiger partial charge in [0.15, 0.2) is 5.41 Å². The van der Waals surface area contributed by atoms with Crippen molar-refractivity contribution in [3.05, 3.63) is 71.8 Å². The van der Waals surface area contributed by atoms with Crippen LogP contribution in [0.25, 0.3) is 0 Å². The Balaban J connectivity index is 2.21. The second-order valence-corrected chi connectivity index (χ2v) is 6.35. The summed E-state index contributed by atoms with van der Waals surface area (Å²) in [5.41, 5.74) is 0.192. The average Bonchev–Trinajstić information content (AvgIpc) is 2.68. The van der Waals surface area contributed by atoms with Crippen molar-refractivity contribution in [1.29, 1.82) is 5.26 Å². The third-order valence-electron chi connectivity index (χ3n) is 5.07. The van der Waals surface area contributed by atoms with Gasteiger partial charge in [-0.1, -0.05) is 60.7 Å². The topological polar surface area (TPSA) is 67.2 Å². The molecule has 0 bridgehead atoms. The van der Waals surface area contributed by atoms with E-state index in [2.05, 4.69) is 6.07 Å². The Labute approximate surface area is 147 Å². The van der Waals surface area contributed by atoms with E-state index in [-0.39, 0.29) is 18.6 Å². The Morgan fingerprint density at radius 1 is 1.00 bits per heavy atom. The Hall–Kier alpha value is -2.93. The molecule has 4 nitrogen and oxygen atoms in total. The largest absolute Gasteiger partial charge is 0.468 e. The molecule has 4 heteroatoms. The number of hydrogen-bond acceptors (Lipinski definition) is 4. The zero-order chi connectivity index (χ0) is 17.9. The van der Waals surface area contributed by atoms with E-state index >= 15 is 0 Å². The van der Waals surface area contributed by atoms with Crippen LogP contribution in [0.15, 0.2) is 60.7 Å². The number of ketones is 1. The van der Waals surface area contributed by atoms with Crippen LogP contribution < -0.4 is 0 Å². The Morgan fingerprint density at radius 3 is 1.80 bits per heavy atom. The van der Waals surface area contributed by atoms with Gasteiger partial charge in [0.1, 0.15) is 5.78 Å². The smallest absolute Gasteiger partial charge is 0.327 e. The summed E-state index contributed by atoms with van der Waals surface area (Å²) in [6.45, 7) is 0. The van der Waals surface area contributed by atoms with Crippen LogP contribution in [-0.4, -0.2) is 18.9 Å². The van der Waals surface area contributed by atoms with Gasteiger partial charge in [-0.3, -0.25) is 9.59 Å². The van der Waals surface area contributed by atoms with E-state index in [1.807, 2.05) is 60.7 Å². The SMILES string of the molecule is COC(=O)C1(C#N)[C@@H](c2ccccc2)CC(=O)C[C@@H]1c1ccccc1. The standard InChI is InChI=1S/C21H19NO3/c1-25-20(24)21(14-22)18(15-8-4-2-5-9-15)12-17(23)13-19(21)16-10-6-3-7-11-16/h2-11,18-19H,12-13H2,1H3/t18-,19-/m1/s1. The molecule has 2 aromatic rings. The first kappa shape index (κ1) is 16.9. The average molecular weight is 333 g/mol. The van der Waals surface area contributed by atoms with Crippen molar-refractivity contribution < 1.29 is 14.3 Å². The van der Waals surface area contributed by atoms with Crippen molar-refractivity contribution in [2.24, 2.45) is 5.41 Å². The summed E-state index contributed by atoms with van der Waals surface area (Å²) in [6, 6.07) is 20.9. The lowest BCUT2D eigenvalue weighted by Gasteiger charge is -2.42. The number of Topliss-reactive ketones (excluding diaryl/α,β-unsaturated/α-hetero) is 1. The summed E-state index contributed by atoms with van der Waals surface area (Å²) in [5, 5.41) is 10.1. The number of esters is 1. The minimum atomic E-state index is -1.43. The van der Waals surface area contributed by atoms with Gasteiger partial charge in [0.2, 0.25) is 0 Å². The lowest BCUT2D eigenvalue weighted by atomic mass is 9.56. The molecule has 0 heterocycles. The summed E-state index contributed by atoms with van der Waals surface area (Å²) in [7, 11) is 1.29. The highest BCUT2D eigenvalue weighted by molar-refractivity contribution is 5.90. The second-order valence-electron chi connectivity index (χ2n) is 6.35. The fourth-order valence-electron chi connectivity index (χ4n) is 3.89. The molecule has 0 saturated heterocycles. The molecule has 2 aromatic carbocycles. The van der Waals surface area contributed by atoms with E-state index in [1.54, 1.807) is 0 Å². The van der Waals surface area contributed by atoms with Crippen LogP contribution in [-0.2, 0) is 14.3 Å². The van der Waals surface area contributed by atoms with E-state index in [0.29, 0.717) is 0 Å². The fraction of sp³-hybridized carbons (Fsp3) is 0.286. The number of nitriles is 1. The van der Waals surface area contributed by atoms with Gasteiger partial charge in [0.25, 0.3) is 0 Å². The van der Waals surface area contributed by atoms with Crippen molar-refractivity contribution in [1.82, 2.24) is 0 Å². The van der Waals surface area contributed by atoms with Gasteiger partial charge in [0.05, 0.1) is 13.2 Å². The van der Waals surface area contributed by atoms with Crippen LogP contribution in [0.1, 0.15) is 35.8 Å². The molecule has 0 aromatic heterocycles. The lowest BCUT2D eigenvalue weighted by molar-refractivity contribution is -0.154. The van der Waals surface area contributed by atoms with Crippen molar-refractivity contribution in [2.75, 3.05) is 7.11 Å². The van der Waals surface area contributed by atoms with Crippen molar-refractivity contribution in [3.8, 4) is 6.07 Å². The highest BCUT2D eigenvalue weighted by Gasteiger charge is 2.58. The summed E-state index contributed by atoms with van der Waals surface area (Å²) >= 11 is 0. The van der Waals surface area contributed by atoms with Crippen LogP contribution in [0.5, 0.6) is 0 Å². The third kappa shape index (κ3) is 2.83. The normalized spacial score (nSPS) is 22.0. The van der Waals surface area contributed by atoms with Gasteiger partial charge in [-0.15, -0.1) is 0 Å². The van der Waals surface area contributed by atoms with Gasteiger partial charge in [-0.2, -0.15) is 5.26 Å². The van der Waals surface area contributed by atoms with Crippen LogP contribution in [0.2, 0.25) is 0 Å². The van der Waals surface area contributed by atoms with Gasteiger partial charge in [-0.25, -0.2) is 0 Å². The first-order chi connectivity index (χ1) is 12.1. The number of ether oxygens (including phenoxy) is 1. The van der Waals surface area contributed by atoms with E-state index in [9.17, 15) is 14.9 Å². The molecule has 1 fully saturated rings. The molecule has 2 atom stereocenters. The number of methoxy groups -OCH3 is 1. The summed E-state index contributed by atoms with van der Waals surface area (Å²) in [4.78, 5) is 25.3. The second kappa shape index (κ2) is 6.90. The highest BCUT2D eigenvalue weighted by atomic mass is 16.5. The van der Waals surface area contributed by atoms with Gasteiger partial charge in [-0.05, 0) is 11.1 Å². The molecule has 0 spiro atoms. The predicted molar refractivity (Wildman–Crippen MR) is 92.7 cm³/mol. The summed E-state index contributed by atoms with van der Waals surface area (Å²) < 4.78 is 5.05. The minimum Gasteiger partial charge on any atom is -0.468 e. The lowest BCUT2D eigenvalue weighted by Crippen LogP contribution is -2.47. The summed E-state index contributed by atoms with van der Waals surface area (Å²) in [6.07, 6.45) is 0.325. The molecule has 1 saturated carbocycles. The molecule has 0 N–H and O–H groups in total. The van der Waals surface area contributed by atoms with Gasteiger partial charge >= 0.3 is 5.97 Å². The molecule has 0 unspecified atom stereocenters. The van der Waals surface area contributed by atoms with E-state index in [4.69, 9.17) is 4.74 Å². The number of hydrogen-bond donors (Lipinski definition) is 0. The molecular formula is C21H19NO3. The van der Waals surface area contributed by atoms with E-state index < -0.39 is 23.2 Å².